The number of esters is 4. The van der Waals surface area contributed by atoms with Crippen LogP contribution in [-0.2, 0) is 84.3 Å². The molecule has 0 aliphatic rings. The molecule has 2 amide bonds. The number of rotatable bonds is 91. The Labute approximate surface area is 797 Å². The van der Waals surface area contributed by atoms with E-state index in [0.717, 1.165) is 122 Å². The lowest BCUT2D eigenvalue weighted by Gasteiger charge is -2.35. The van der Waals surface area contributed by atoms with Crippen LogP contribution in [0.3, 0.4) is 0 Å². The summed E-state index contributed by atoms with van der Waals surface area (Å²) in [5, 5.41) is 14.9. The molecule has 0 spiro atoms. The molecular weight excluding hydrogens is 1690 g/mol. The predicted molar refractivity (Wildman–Crippen MR) is 535 cm³/mol. The Morgan fingerprint density at radius 2 is 0.631 bits per heavy atom. The van der Waals surface area contributed by atoms with Gasteiger partial charge in [0.1, 0.15) is 35.6 Å². The van der Waals surface area contributed by atoms with E-state index in [-0.39, 0.29) is 89.3 Å². The molecule has 0 aliphatic carbocycles. The third-order valence-corrected chi connectivity index (χ3v) is 25.2. The third kappa shape index (κ3) is 93.2. The van der Waals surface area contributed by atoms with E-state index in [1.54, 1.807) is 26.8 Å². The lowest BCUT2D eigenvalue weighted by atomic mass is 10.1. The highest BCUT2D eigenvalue weighted by molar-refractivity contribution is 7.48. The molecule has 0 heterocycles. The second-order valence-corrected chi connectivity index (χ2v) is 40.9. The maximum atomic E-state index is 13.6. The minimum absolute atomic E-state index is 0.0102. The normalized spacial score (nSPS) is 13.3. The third-order valence-electron chi connectivity index (χ3n) is 21.7. The van der Waals surface area contributed by atoms with Gasteiger partial charge in [-0.2, -0.15) is 0 Å². The van der Waals surface area contributed by atoms with E-state index in [2.05, 4.69) is 97.7 Å². The van der Waals surface area contributed by atoms with Crippen molar-refractivity contribution in [2.24, 2.45) is 0 Å². The van der Waals surface area contributed by atoms with Gasteiger partial charge in [0.15, 0.2) is 0 Å². The first-order chi connectivity index (χ1) is 62.5. The minimum atomic E-state index is -4.16. The molecule has 6 atom stereocenters. The molecule has 0 aliphatic heterocycles. The smallest absolute Gasteiger partial charge is 0.462 e. The summed E-state index contributed by atoms with van der Waals surface area (Å²) in [6.07, 6.45) is 64.1. The Balaban J connectivity index is -0.00000206. The Bertz CT molecular complexity index is 2620. The van der Waals surface area contributed by atoms with E-state index < -0.39 is 57.9 Å². The van der Waals surface area contributed by atoms with Gasteiger partial charge in [-0.05, 0) is 121 Å². The maximum Gasteiger partial charge on any atom is 0.475 e. The molecule has 0 aromatic carbocycles. The van der Waals surface area contributed by atoms with Crippen molar-refractivity contribution in [3.63, 3.8) is 0 Å². The molecule has 0 fully saturated rings. The van der Waals surface area contributed by atoms with E-state index in [0.29, 0.717) is 77.0 Å². The number of amides is 2. The number of nitrogens with zero attached hydrogens (tertiary/aromatic N) is 1. The van der Waals surface area contributed by atoms with Gasteiger partial charge in [0, 0.05) is 63.7 Å². The van der Waals surface area contributed by atoms with Crippen LogP contribution >= 0.6 is 16.3 Å². The highest BCUT2D eigenvalue weighted by Gasteiger charge is 2.31. The molecule has 0 saturated heterocycles. The van der Waals surface area contributed by atoms with Crippen molar-refractivity contribution in [3.8, 4) is 0 Å². The molecule has 24 nitrogen and oxygen atoms in total. The van der Waals surface area contributed by atoms with Crippen LogP contribution in [0.15, 0.2) is 25.3 Å². The van der Waals surface area contributed by atoms with Gasteiger partial charge in [-0.25, -0.2) is 18.8 Å². The van der Waals surface area contributed by atoms with Crippen molar-refractivity contribution >= 4 is 52.4 Å². The van der Waals surface area contributed by atoms with E-state index >= 15 is 0 Å². The van der Waals surface area contributed by atoms with Gasteiger partial charge < -0.3 is 62.7 Å². The zero-order valence-corrected chi connectivity index (χ0v) is 88.3. The highest BCUT2D eigenvalue weighted by Crippen LogP contribution is 2.50. The lowest BCUT2D eigenvalue weighted by Crippen LogP contribution is -2.36. The molecule has 0 aromatic rings. The van der Waals surface area contributed by atoms with Gasteiger partial charge in [-0.3, -0.25) is 32.7 Å². The minimum Gasteiger partial charge on any atom is -0.462 e. The summed E-state index contributed by atoms with van der Waals surface area (Å²) in [5.74, 6) is -0.909. The standard InChI is InChI=1S/C49H94NO11P.C39H76O6.C16H33N2O4P/c1-8-12-15-18-20-22-23-25-27-30-33-36-47(52)60-45(43-58-62(54,56-39-11-4)57-41-38-50-48(53)61-49(5,6)7)42-55-40-37-44(34-31-28-17-14-10-3)59-46(51)35-32-29-26-24-21-19-16-13-9-2;1-4-7-10-13-15-17-18-20-22-25-28-31-39(42)45-37(34-40)35-43-33-32-36(29-26-23-12-9-6-3)44-38(41)30-27-24-21-19-16-14-11-8-5-2;1-9-11-20-23(18(13(2)3)14(4)5)21-12-10-17-15(19)22-16(6,7)8/h11,44-45H,4,8-10,12-43H2,1-3,5-7H3,(H,50,53);36-37,40H,4-35H2,1-3H3;9,13-14H,1,10-12H2,2-8H3,(H,17,19)/t44-,45-,62?;36-,37+;/m11./s1. The Morgan fingerprint density at radius 1 is 0.346 bits per heavy atom. The van der Waals surface area contributed by atoms with E-state index in [1.165, 1.54) is 212 Å². The number of hydrogen-bond acceptors (Lipinski definition) is 22. The maximum absolute atomic E-state index is 13.6. The number of carbonyl (C=O) groups excluding carboxylic acids is 6. The first-order valence-corrected chi connectivity index (χ1v) is 55.2. The van der Waals surface area contributed by atoms with Crippen LogP contribution < -0.4 is 10.6 Å². The van der Waals surface area contributed by atoms with E-state index in [9.17, 15) is 38.4 Å². The van der Waals surface area contributed by atoms with Crippen LogP contribution in [0.4, 0.5) is 9.59 Å². The van der Waals surface area contributed by atoms with Gasteiger partial charge in [-0.15, -0.1) is 13.2 Å². The largest absolute Gasteiger partial charge is 0.475 e. The van der Waals surface area contributed by atoms with Crippen LogP contribution in [-0.4, -0.2) is 173 Å². The summed E-state index contributed by atoms with van der Waals surface area (Å²) >= 11 is 0. The van der Waals surface area contributed by atoms with Crippen LogP contribution in [0.1, 0.15) is 483 Å². The number of alkyl carbamates (subject to hydrolysis) is 2. The Hall–Kier alpha value is -3.80. The second-order valence-electron chi connectivity index (χ2n) is 37.7. The fourth-order valence-electron chi connectivity index (χ4n) is 14.5. The van der Waals surface area contributed by atoms with E-state index in [4.69, 9.17) is 60.5 Å². The first-order valence-electron chi connectivity index (χ1n) is 52.6. The van der Waals surface area contributed by atoms with Gasteiger partial charge in [0.05, 0.1) is 66.1 Å². The van der Waals surface area contributed by atoms with Crippen molar-refractivity contribution in [1.82, 2.24) is 15.3 Å². The quantitative estimate of drug-likeness (QED) is 0.0168. The molecule has 0 saturated carbocycles. The summed E-state index contributed by atoms with van der Waals surface area (Å²) in [4.78, 5) is 74.4. The number of nitrogens with one attached hydrogen (secondary N) is 2. The fourth-order valence-corrected chi connectivity index (χ4v) is 17.2. The summed E-state index contributed by atoms with van der Waals surface area (Å²) in [6, 6.07) is 0.592. The van der Waals surface area contributed by atoms with Crippen LogP contribution in [0, 0.1) is 0 Å². The second kappa shape index (κ2) is 94.2. The molecule has 0 aromatic heterocycles. The molecular formula is C104H203N3O21P2. The number of hydrogen-bond donors (Lipinski definition) is 3. The number of ether oxygens (including phenoxy) is 8. The van der Waals surface area contributed by atoms with Crippen molar-refractivity contribution in [3.05, 3.63) is 25.3 Å². The Morgan fingerprint density at radius 3 is 0.931 bits per heavy atom. The average molecular weight is 1890 g/mol. The van der Waals surface area contributed by atoms with E-state index in [1.807, 2.05) is 20.8 Å². The van der Waals surface area contributed by atoms with Crippen LogP contribution in [0.2, 0.25) is 0 Å². The topological polar surface area (TPSA) is 287 Å². The number of unbranched alkanes of at least 4 members (excludes halogenated alkanes) is 44. The molecule has 26 heteroatoms. The number of carbonyl (C=O) groups is 6. The predicted octanol–water partition coefficient (Wildman–Crippen LogP) is 29.3. The van der Waals surface area contributed by atoms with Crippen molar-refractivity contribution in [2.75, 3.05) is 79.2 Å². The first kappa shape index (κ1) is 130. The van der Waals surface area contributed by atoms with Gasteiger partial charge in [0.2, 0.25) is 0 Å². The van der Waals surface area contributed by atoms with Gasteiger partial charge in [-0.1, -0.05) is 336 Å². The van der Waals surface area contributed by atoms with Crippen LogP contribution in [0.25, 0.3) is 0 Å². The summed E-state index contributed by atoms with van der Waals surface area (Å²) < 4.78 is 89.4. The molecule has 0 bridgehead atoms. The van der Waals surface area contributed by atoms with Crippen molar-refractivity contribution in [2.45, 2.75) is 531 Å². The number of aliphatic hydroxyl groups excluding tert-OH is 1. The molecule has 0 radical (unpaired) electrons. The van der Waals surface area contributed by atoms with Crippen LogP contribution in [0.5, 0.6) is 0 Å². The average Bonchev–Trinajstić information content (AvgIpc) is 0.883. The SMILES string of the molecule is C=CCOP(=O)(OCCNC(=O)OC(C)(C)C)OC[C@@H](COCC[C@@H](CCCCCCC)OC(=O)CCCCCCCCCCC)OC(=O)CCCCCCCCCCCCC.C=CCOP(OCCNC(=O)OC(C)(C)C)N(C(C)C)C(C)C.CCCCCCCCCCCCCC(=O)O[C@@H](CO)COCC[C@@H](CCCCCCC)OC(=O)CCCCCCCCCCC. The van der Waals surface area contributed by atoms with Gasteiger partial charge in [0.25, 0.3) is 8.53 Å². The number of aliphatic hydroxyl groups is 1. The monoisotopic (exact) mass is 1890 g/mol. The molecule has 3 N–H and O–H groups in total. The number of phosphoric acid groups is 1. The van der Waals surface area contributed by atoms with Crippen molar-refractivity contribution in [1.29, 1.82) is 0 Å². The molecule has 770 valence electrons. The summed E-state index contributed by atoms with van der Waals surface area (Å²) in [5.41, 5.74) is -1.18. The Kier molecular flexibility index (Phi) is 94.4. The van der Waals surface area contributed by atoms with Crippen molar-refractivity contribution < 1.29 is 99.0 Å². The molecule has 130 heavy (non-hydrogen) atoms. The zero-order valence-electron chi connectivity index (χ0n) is 86.5. The summed E-state index contributed by atoms with van der Waals surface area (Å²) in [7, 11) is -5.36. The number of phosphoric ester groups is 1. The fraction of sp³-hybridized carbons (Fsp3) is 0.904. The zero-order chi connectivity index (χ0) is 97.1. The lowest BCUT2D eigenvalue weighted by molar-refractivity contribution is -0.156. The van der Waals surface area contributed by atoms with Gasteiger partial charge >= 0.3 is 43.9 Å². The molecule has 0 rings (SSSR count). The molecule has 2 unspecified atom stereocenters. The summed E-state index contributed by atoms with van der Waals surface area (Å²) in [6.45, 7) is 40.9. The highest BCUT2D eigenvalue weighted by atomic mass is 31.2.